The Hall–Kier alpha value is -3.75. The second kappa shape index (κ2) is 14.9. The number of carbonyl (C=O) groups is 5. The summed E-state index contributed by atoms with van der Waals surface area (Å²) in [6.45, 7) is 2.90. The number of carbonyl (C=O) groups excluding carboxylic acids is 4. The van der Waals surface area contributed by atoms with Crippen LogP contribution in [0.4, 0.5) is 0 Å². The molecule has 8 N–H and O–H groups in total. The van der Waals surface area contributed by atoms with Crippen LogP contribution in [0.25, 0.3) is 0 Å². The molecule has 0 aliphatic carbocycles. The smallest absolute Gasteiger partial charge is 0.327 e. The van der Waals surface area contributed by atoms with Gasteiger partial charge < -0.3 is 37.2 Å². The van der Waals surface area contributed by atoms with E-state index < -0.39 is 65.1 Å². The molecular formula is C28H35N5O7S2. The van der Waals surface area contributed by atoms with Crippen LogP contribution in [0.15, 0.2) is 54.6 Å². The van der Waals surface area contributed by atoms with E-state index in [1.54, 1.807) is 56.3 Å². The highest BCUT2D eigenvalue weighted by Gasteiger charge is 2.39. The number of amides is 4. The predicted molar refractivity (Wildman–Crippen MR) is 160 cm³/mol. The highest BCUT2D eigenvalue weighted by molar-refractivity contribution is 8.77. The Kier molecular flexibility index (Phi) is 11.6. The second-order valence-electron chi connectivity index (χ2n) is 10.3. The van der Waals surface area contributed by atoms with E-state index in [4.69, 9.17) is 5.73 Å². The van der Waals surface area contributed by atoms with Crippen molar-refractivity contribution in [1.82, 2.24) is 21.3 Å². The average molecular weight is 618 g/mol. The first-order chi connectivity index (χ1) is 19.9. The SMILES string of the molecule is CC1(C)SSC[C@H](C(=O)O)NC(=O)[C@H](Cc2ccccc2)NC(=O)CNC(=O)[C@H]1NC(=O)[C@@H](N)Cc1ccc(O)cc1. The number of rotatable bonds is 7. The highest BCUT2D eigenvalue weighted by Crippen LogP contribution is 2.38. The number of carboxylic acids is 1. The summed E-state index contributed by atoms with van der Waals surface area (Å²) in [5, 5.41) is 29.6. The van der Waals surface area contributed by atoms with Crippen LogP contribution in [-0.4, -0.2) is 81.0 Å². The lowest BCUT2D eigenvalue weighted by Crippen LogP contribution is -2.60. The van der Waals surface area contributed by atoms with Gasteiger partial charge in [-0.25, -0.2) is 4.79 Å². The summed E-state index contributed by atoms with van der Waals surface area (Å²) in [5.74, 6) is -3.82. The van der Waals surface area contributed by atoms with Gasteiger partial charge >= 0.3 is 5.97 Å². The molecule has 0 bridgehead atoms. The van der Waals surface area contributed by atoms with Crippen molar-refractivity contribution in [2.45, 2.75) is 55.6 Å². The molecule has 1 aliphatic heterocycles. The number of nitrogens with two attached hydrogens (primary N) is 1. The third-order valence-corrected chi connectivity index (χ3v) is 9.76. The Morgan fingerprint density at radius 1 is 1.02 bits per heavy atom. The summed E-state index contributed by atoms with van der Waals surface area (Å²) in [6.07, 6.45) is 0.249. The summed E-state index contributed by atoms with van der Waals surface area (Å²) in [5.41, 5.74) is 7.58. The van der Waals surface area contributed by atoms with Crippen molar-refractivity contribution >= 4 is 51.2 Å². The Balaban J connectivity index is 1.79. The summed E-state index contributed by atoms with van der Waals surface area (Å²) in [7, 11) is 2.28. The van der Waals surface area contributed by atoms with E-state index in [0.29, 0.717) is 5.56 Å². The number of nitrogens with one attached hydrogen (secondary N) is 4. The maximum absolute atomic E-state index is 13.3. The quantitative estimate of drug-likeness (QED) is 0.213. The van der Waals surface area contributed by atoms with Crippen LogP contribution in [0.5, 0.6) is 5.75 Å². The van der Waals surface area contributed by atoms with Gasteiger partial charge in [-0.3, -0.25) is 19.2 Å². The number of benzene rings is 2. The molecule has 226 valence electrons. The highest BCUT2D eigenvalue weighted by atomic mass is 33.1. The molecule has 42 heavy (non-hydrogen) atoms. The molecule has 4 amide bonds. The fraction of sp³-hybridized carbons (Fsp3) is 0.393. The van der Waals surface area contributed by atoms with Crippen molar-refractivity contribution in [3.05, 3.63) is 65.7 Å². The van der Waals surface area contributed by atoms with Crippen molar-refractivity contribution in [1.29, 1.82) is 0 Å². The van der Waals surface area contributed by atoms with Crippen LogP contribution in [-0.2, 0) is 36.8 Å². The van der Waals surface area contributed by atoms with Gasteiger partial charge in [-0.2, -0.15) is 0 Å². The fourth-order valence-corrected chi connectivity index (χ4v) is 6.91. The standard InChI is InChI=1S/C28H35N5O7S2/c1-28(2)23(33-24(36)19(29)12-17-8-10-18(34)11-9-17)26(38)30-14-22(35)31-20(13-16-6-4-3-5-7-16)25(37)32-21(27(39)40)15-41-42-28/h3-11,19-21,23,34H,12-15,29H2,1-2H3,(H,30,38)(H,31,35)(H,32,37)(H,33,36)(H,39,40)/t19-,20-,21+,23+/m0/s1. The topological polar surface area (TPSA) is 200 Å². The minimum Gasteiger partial charge on any atom is -0.508 e. The van der Waals surface area contributed by atoms with Gasteiger partial charge in [0, 0.05) is 16.9 Å². The number of hydrogen-bond acceptors (Lipinski definition) is 9. The first-order valence-corrected chi connectivity index (χ1v) is 15.5. The van der Waals surface area contributed by atoms with Gasteiger partial charge in [0.05, 0.1) is 12.6 Å². The monoisotopic (exact) mass is 617 g/mol. The maximum atomic E-state index is 13.3. The molecule has 4 atom stereocenters. The van der Waals surface area contributed by atoms with Gasteiger partial charge in [0.2, 0.25) is 23.6 Å². The molecular weight excluding hydrogens is 582 g/mol. The lowest BCUT2D eigenvalue weighted by molar-refractivity contribution is -0.141. The Bertz CT molecular complexity index is 1280. The van der Waals surface area contributed by atoms with E-state index >= 15 is 0 Å². The minimum atomic E-state index is -1.27. The Morgan fingerprint density at radius 2 is 1.69 bits per heavy atom. The van der Waals surface area contributed by atoms with Crippen LogP contribution in [0, 0.1) is 0 Å². The van der Waals surface area contributed by atoms with Crippen LogP contribution in [0.1, 0.15) is 25.0 Å². The van der Waals surface area contributed by atoms with E-state index in [2.05, 4.69) is 21.3 Å². The molecule has 1 aliphatic rings. The van der Waals surface area contributed by atoms with Crippen LogP contribution < -0.4 is 27.0 Å². The van der Waals surface area contributed by atoms with Gasteiger partial charge in [0.1, 0.15) is 23.9 Å². The fourth-order valence-electron chi connectivity index (χ4n) is 4.11. The zero-order chi connectivity index (χ0) is 30.9. The molecule has 0 saturated carbocycles. The molecule has 0 spiro atoms. The van der Waals surface area contributed by atoms with E-state index in [9.17, 15) is 34.2 Å². The van der Waals surface area contributed by atoms with Crippen molar-refractivity contribution in [2.24, 2.45) is 5.73 Å². The number of aromatic hydroxyl groups is 1. The van der Waals surface area contributed by atoms with Gasteiger partial charge in [0.25, 0.3) is 0 Å². The van der Waals surface area contributed by atoms with E-state index in [0.717, 1.165) is 27.2 Å². The molecule has 0 unspecified atom stereocenters. The molecule has 1 heterocycles. The molecule has 12 nitrogen and oxygen atoms in total. The minimum absolute atomic E-state index is 0.0518. The van der Waals surface area contributed by atoms with Gasteiger partial charge in [-0.15, -0.1) is 0 Å². The summed E-state index contributed by atoms with van der Waals surface area (Å²) >= 11 is 0. The Labute approximate surface area is 251 Å². The molecule has 1 fully saturated rings. The summed E-state index contributed by atoms with van der Waals surface area (Å²) < 4.78 is -0.994. The normalized spacial score (nSPS) is 22.5. The summed E-state index contributed by atoms with van der Waals surface area (Å²) in [4.78, 5) is 64.3. The third-order valence-electron chi connectivity index (χ3n) is 6.45. The predicted octanol–water partition coefficient (Wildman–Crippen LogP) is 0.334. The molecule has 0 radical (unpaired) electrons. The lowest BCUT2D eigenvalue weighted by atomic mass is 10.0. The number of aliphatic carboxylic acids is 1. The molecule has 3 rings (SSSR count). The van der Waals surface area contributed by atoms with Crippen LogP contribution in [0.3, 0.4) is 0 Å². The van der Waals surface area contributed by atoms with Crippen molar-refractivity contribution in [3.63, 3.8) is 0 Å². The van der Waals surface area contributed by atoms with Crippen molar-refractivity contribution < 1.29 is 34.2 Å². The number of carboxylic acid groups (broad SMARTS) is 1. The van der Waals surface area contributed by atoms with Gasteiger partial charge in [-0.05, 0) is 43.5 Å². The van der Waals surface area contributed by atoms with E-state index in [1.165, 1.54) is 12.1 Å². The largest absolute Gasteiger partial charge is 0.508 e. The first-order valence-electron chi connectivity index (χ1n) is 13.1. The Morgan fingerprint density at radius 3 is 2.33 bits per heavy atom. The molecule has 2 aromatic rings. The zero-order valence-electron chi connectivity index (χ0n) is 23.2. The molecule has 0 aromatic heterocycles. The maximum Gasteiger partial charge on any atom is 0.327 e. The zero-order valence-corrected chi connectivity index (χ0v) is 24.8. The summed E-state index contributed by atoms with van der Waals surface area (Å²) in [6, 6.07) is 10.6. The van der Waals surface area contributed by atoms with Gasteiger partial charge in [0.15, 0.2) is 0 Å². The molecule has 1 saturated heterocycles. The number of phenols is 1. The van der Waals surface area contributed by atoms with E-state index in [1.807, 2.05) is 0 Å². The average Bonchev–Trinajstić information content (AvgIpc) is 2.94. The van der Waals surface area contributed by atoms with Crippen LogP contribution in [0.2, 0.25) is 0 Å². The van der Waals surface area contributed by atoms with Crippen LogP contribution >= 0.6 is 21.6 Å². The second-order valence-corrected chi connectivity index (χ2v) is 13.3. The third kappa shape index (κ3) is 9.67. The van der Waals surface area contributed by atoms with Crippen molar-refractivity contribution in [3.8, 4) is 5.75 Å². The molecule has 2 aromatic carbocycles. The first kappa shape index (κ1) is 32.8. The van der Waals surface area contributed by atoms with E-state index in [-0.39, 0.29) is 24.3 Å². The lowest BCUT2D eigenvalue weighted by Gasteiger charge is -2.34. The van der Waals surface area contributed by atoms with Crippen molar-refractivity contribution in [2.75, 3.05) is 12.3 Å². The number of phenolic OH excluding ortho intramolecular Hbond substituents is 1. The molecule has 14 heteroatoms. The van der Waals surface area contributed by atoms with Gasteiger partial charge in [-0.1, -0.05) is 64.1 Å². The number of hydrogen-bond donors (Lipinski definition) is 7.